The summed E-state index contributed by atoms with van der Waals surface area (Å²) in [6.45, 7) is 0. The topological polar surface area (TPSA) is 61.8 Å². The van der Waals surface area contributed by atoms with Gasteiger partial charge in [-0.1, -0.05) is 5.92 Å². The molecule has 0 aromatic rings. The fourth-order valence-corrected chi connectivity index (χ4v) is 1.92. The van der Waals surface area contributed by atoms with Crippen LogP contribution in [0.3, 0.4) is 0 Å². The molecule has 17 heavy (non-hydrogen) atoms. The van der Waals surface area contributed by atoms with Gasteiger partial charge in [-0.2, -0.15) is 8.42 Å². The Morgan fingerprint density at radius 2 is 1.71 bits per heavy atom. The summed E-state index contributed by atoms with van der Waals surface area (Å²) in [5.74, 6) is 2.31. The second kappa shape index (κ2) is 8.48. The largest absolute Gasteiger partial charge is 0.356 e. The fourth-order valence-electron chi connectivity index (χ4n) is 1.34. The quantitative estimate of drug-likeness (QED) is 0.270. The van der Waals surface area contributed by atoms with Gasteiger partial charge in [0.1, 0.15) is 6.10 Å². The molecule has 0 radical (unpaired) electrons. The van der Waals surface area contributed by atoms with Crippen LogP contribution >= 0.6 is 0 Å². The molecule has 0 aromatic carbocycles. The molecular weight excluding hydrogens is 244 g/mol. The molecule has 0 saturated carbocycles. The molecule has 0 N–H and O–H groups in total. The van der Waals surface area contributed by atoms with Crippen LogP contribution in [-0.2, 0) is 23.8 Å². The Morgan fingerprint density at radius 1 is 1.18 bits per heavy atom. The Hall–Kier alpha value is -0.610. The first-order valence-corrected chi connectivity index (χ1v) is 7.14. The average Bonchev–Trinajstić information content (AvgIpc) is 2.26. The van der Waals surface area contributed by atoms with E-state index >= 15 is 0 Å². The van der Waals surface area contributed by atoms with Crippen LogP contribution in [0.4, 0.5) is 0 Å². The van der Waals surface area contributed by atoms with Crippen LogP contribution in [0.15, 0.2) is 0 Å². The fraction of sp³-hybridized carbons (Fsp3) is 0.818. The highest BCUT2D eigenvalue weighted by atomic mass is 32.2. The first-order valence-electron chi connectivity index (χ1n) is 5.33. The zero-order valence-electron chi connectivity index (χ0n) is 10.5. The number of hydrogen-bond donors (Lipinski definition) is 0. The van der Waals surface area contributed by atoms with Crippen molar-refractivity contribution < 1.29 is 22.1 Å². The van der Waals surface area contributed by atoms with Crippen molar-refractivity contribution in [3.8, 4) is 12.3 Å². The van der Waals surface area contributed by atoms with E-state index in [4.69, 9.17) is 20.1 Å². The van der Waals surface area contributed by atoms with Crippen molar-refractivity contribution >= 4 is 10.1 Å². The summed E-state index contributed by atoms with van der Waals surface area (Å²) in [4.78, 5) is 0. The van der Waals surface area contributed by atoms with E-state index in [0.717, 1.165) is 25.5 Å². The molecule has 0 heterocycles. The Bertz CT molecular complexity index is 326. The molecule has 0 spiro atoms. The number of unbranched alkanes of at least 4 members (excludes halogenated alkanes) is 1. The highest BCUT2D eigenvalue weighted by Gasteiger charge is 2.13. The van der Waals surface area contributed by atoms with E-state index in [-0.39, 0.29) is 6.29 Å². The minimum atomic E-state index is -3.49. The summed E-state index contributed by atoms with van der Waals surface area (Å²) in [6.07, 6.45) is 8.09. The van der Waals surface area contributed by atoms with Gasteiger partial charge in [0, 0.05) is 14.2 Å². The van der Waals surface area contributed by atoms with Gasteiger partial charge in [0.05, 0.1) is 6.26 Å². The maximum atomic E-state index is 10.9. The van der Waals surface area contributed by atoms with Crippen LogP contribution in [0.2, 0.25) is 0 Å². The molecule has 0 aliphatic heterocycles. The minimum absolute atomic E-state index is 0.227. The number of hydrogen-bond acceptors (Lipinski definition) is 5. The normalized spacial score (nSPS) is 13.6. The Morgan fingerprint density at radius 3 is 2.12 bits per heavy atom. The molecule has 0 amide bonds. The summed E-state index contributed by atoms with van der Waals surface area (Å²) in [6, 6.07) is 0. The maximum Gasteiger partial charge on any atom is 0.265 e. The zero-order chi connectivity index (χ0) is 13.3. The van der Waals surface area contributed by atoms with Crippen molar-refractivity contribution in [2.24, 2.45) is 0 Å². The van der Waals surface area contributed by atoms with Gasteiger partial charge in [0.2, 0.25) is 0 Å². The van der Waals surface area contributed by atoms with E-state index < -0.39 is 16.2 Å². The molecule has 100 valence electrons. The van der Waals surface area contributed by atoms with Gasteiger partial charge in [-0.15, -0.1) is 6.42 Å². The van der Waals surface area contributed by atoms with E-state index in [1.165, 1.54) is 0 Å². The van der Waals surface area contributed by atoms with Crippen LogP contribution in [0, 0.1) is 12.3 Å². The van der Waals surface area contributed by atoms with E-state index in [1.807, 2.05) is 0 Å². The third-order valence-corrected chi connectivity index (χ3v) is 2.74. The highest BCUT2D eigenvalue weighted by Crippen LogP contribution is 2.11. The third-order valence-electron chi connectivity index (χ3n) is 2.16. The van der Waals surface area contributed by atoms with Crippen LogP contribution in [0.5, 0.6) is 0 Å². The van der Waals surface area contributed by atoms with Crippen LogP contribution in [-0.4, -0.2) is 41.3 Å². The Balaban J connectivity index is 3.83. The van der Waals surface area contributed by atoms with Crippen LogP contribution in [0.1, 0.15) is 25.7 Å². The van der Waals surface area contributed by atoms with Crippen molar-refractivity contribution in [1.29, 1.82) is 0 Å². The third kappa shape index (κ3) is 9.12. The predicted molar refractivity (Wildman–Crippen MR) is 64.8 cm³/mol. The molecule has 0 aliphatic carbocycles. The van der Waals surface area contributed by atoms with E-state index in [9.17, 15) is 8.42 Å². The lowest BCUT2D eigenvalue weighted by Crippen LogP contribution is -2.16. The Labute approximate surface area is 104 Å². The lowest BCUT2D eigenvalue weighted by molar-refractivity contribution is -0.107. The summed E-state index contributed by atoms with van der Waals surface area (Å²) >= 11 is 0. The number of terminal acetylenes is 1. The summed E-state index contributed by atoms with van der Waals surface area (Å²) < 4.78 is 36.5. The van der Waals surface area contributed by atoms with Crippen LogP contribution in [0.25, 0.3) is 0 Å². The number of rotatable bonds is 9. The number of ether oxygens (including phenoxy) is 2. The molecule has 0 aliphatic rings. The molecule has 0 rings (SSSR count). The van der Waals surface area contributed by atoms with Gasteiger partial charge in [-0.05, 0) is 25.7 Å². The van der Waals surface area contributed by atoms with Gasteiger partial charge in [0.25, 0.3) is 10.1 Å². The molecule has 1 atom stereocenters. The average molecular weight is 264 g/mol. The van der Waals surface area contributed by atoms with Crippen molar-refractivity contribution in [2.75, 3.05) is 20.5 Å². The standard InChI is InChI=1S/C11H20O5S/c1-5-10(16-17(4,12)13)8-6-7-9-11(14-2)15-3/h1,10-11H,6-9H2,2-4H3. The van der Waals surface area contributed by atoms with E-state index in [1.54, 1.807) is 14.2 Å². The molecule has 0 saturated heterocycles. The first-order chi connectivity index (χ1) is 7.92. The van der Waals surface area contributed by atoms with Crippen molar-refractivity contribution in [2.45, 2.75) is 38.1 Å². The van der Waals surface area contributed by atoms with Gasteiger partial charge < -0.3 is 9.47 Å². The monoisotopic (exact) mass is 264 g/mol. The minimum Gasteiger partial charge on any atom is -0.356 e. The van der Waals surface area contributed by atoms with Gasteiger partial charge in [0.15, 0.2) is 6.29 Å². The molecule has 0 fully saturated rings. The van der Waals surface area contributed by atoms with Crippen molar-refractivity contribution in [3.63, 3.8) is 0 Å². The van der Waals surface area contributed by atoms with Crippen molar-refractivity contribution in [3.05, 3.63) is 0 Å². The smallest absolute Gasteiger partial charge is 0.265 e. The highest BCUT2D eigenvalue weighted by molar-refractivity contribution is 7.86. The SMILES string of the molecule is C#CC(CCCCC(OC)OC)OS(C)(=O)=O. The van der Waals surface area contributed by atoms with Crippen molar-refractivity contribution in [1.82, 2.24) is 0 Å². The predicted octanol–water partition coefficient (Wildman–Crippen LogP) is 1.14. The summed E-state index contributed by atoms with van der Waals surface area (Å²) in [5.41, 5.74) is 0. The summed E-state index contributed by atoms with van der Waals surface area (Å²) in [7, 11) is -0.341. The van der Waals surface area contributed by atoms with E-state index in [0.29, 0.717) is 6.42 Å². The van der Waals surface area contributed by atoms with E-state index in [2.05, 4.69) is 5.92 Å². The molecule has 6 heteroatoms. The lowest BCUT2D eigenvalue weighted by atomic mass is 10.1. The van der Waals surface area contributed by atoms with Gasteiger partial charge in [-0.25, -0.2) is 0 Å². The maximum absolute atomic E-state index is 10.9. The molecule has 1 unspecified atom stereocenters. The second-order valence-corrected chi connectivity index (χ2v) is 5.24. The molecular formula is C11H20O5S. The first kappa shape index (κ1) is 16.4. The van der Waals surface area contributed by atoms with Gasteiger partial charge >= 0.3 is 0 Å². The number of methoxy groups -OCH3 is 2. The molecule has 0 bridgehead atoms. The molecule has 5 nitrogen and oxygen atoms in total. The zero-order valence-corrected chi connectivity index (χ0v) is 11.3. The second-order valence-electron chi connectivity index (χ2n) is 3.64. The lowest BCUT2D eigenvalue weighted by Gasteiger charge is -2.14. The Kier molecular flexibility index (Phi) is 8.17. The van der Waals surface area contributed by atoms with Crippen LogP contribution < -0.4 is 0 Å². The van der Waals surface area contributed by atoms with Gasteiger partial charge in [-0.3, -0.25) is 4.18 Å². The summed E-state index contributed by atoms with van der Waals surface area (Å²) in [5, 5.41) is 0. The molecule has 0 aromatic heterocycles.